The third kappa shape index (κ3) is 1.14. The van der Waals surface area contributed by atoms with Gasteiger partial charge in [0, 0.05) is 12.4 Å². The third-order valence-electron chi connectivity index (χ3n) is 1.04. The average molecular weight is 134 g/mol. The summed E-state index contributed by atoms with van der Waals surface area (Å²) in [4.78, 5) is 0. The Labute approximate surface area is 58.2 Å². The Bertz CT molecular complexity index is 254. The van der Waals surface area contributed by atoms with Crippen LogP contribution in [0.15, 0.2) is 24.5 Å². The van der Waals surface area contributed by atoms with Crippen molar-refractivity contribution in [1.29, 1.82) is 10.7 Å². The van der Waals surface area contributed by atoms with Crippen molar-refractivity contribution < 1.29 is 0 Å². The average Bonchev–Trinajstić information content (AvgIpc) is 2.38. The number of hydrogen-bond donors (Lipinski definition) is 2. The summed E-state index contributed by atoms with van der Waals surface area (Å²) in [5, 5.41) is 17.5. The lowest BCUT2D eigenvalue weighted by Gasteiger charge is -1.98. The number of aromatic nitrogens is 1. The molecule has 0 amide bonds. The SMILES string of the molecule is N#CNC(=N)n1cccc1. The summed E-state index contributed by atoms with van der Waals surface area (Å²) in [5.74, 6) is 0.0625. The molecular formula is C6H6N4. The van der Waals surface area contributed by atoms with Gasteiger partial charge in [-0.25, -0.2) is 0 Å². The molecule has 0 aliphatic rings. The van der Waals surface area contributed by atoms with Gasteiger partial charge in [0.2, 0.25) is 5.96 Å². The summed E-state index contributed by atoms with van der Waals surface area (Å²) in [6.45, 7) is 0. The van der Waals surface area contributed by atoms with E-state index in [0.717, 1.165) is 0 Å². The second-order valence-corrected chi connectivity index (χ2v) is 1.68. The van der Waals surface area contributed by atoms with Crippen LogP contribution in [0.3, 0.4) is 0 Å². The Morgan fingerprint density at radius 2 is 2.10 bits per heavy atom. The molecule has 0 aliphatic heterocycles. The normalized spacial score (nSPS) is 8.30. The Morgan fingerprint density at radius 1 is 1.50 bits per heavy atom. The lowest BCUT2D eigenvalue weighted by Crippen LogP contribution is -2.23. The predicted octanol–water partition coefficient (Wildman–Crippen LogP) is 0.342. The van der Waals surface area contributed by atoms with Gasteiger partial charge in [0.15, 0.2) is 6.19 Å². The summed E-state index contributed by atoms with van der Waals surface area (Å²) in [6, 6.07) is 3.57. The van der Waals surface area contributed by atoms with Crippen molar-refractivity contribution in [3.63, 3.8) is 0 Å². The maximum atomic E-state index is 8.12. The van der Waals surface area contributed by atoms with E-state index in [1.54, 1.807) is 30.7 Å². The molecule has 0 radical (unpaired) electrons. The highest BCUT2D eigenvalue weighted by atomic mass is 15.2. The highest BCUT2D eigenvalue weighted by molar-refractivity contribution is 5.80. The minimum Gasteiger partial charge on any atom is -0.294 e. The van der Waals surface area contributed by atoms with Crippen LogP contribution in [0.4, 0.5) is 0 Å². The number of nitrogens with zero attached hydrogens (tertiary/aromatic N) is 2. The second-order valence-electron chi connectivity index (χ2n) is 1.68. The number of hydrogen-bond acceptors (Lipinski definition) is 2. The quantitative estimate of drug-likeness (QED) is 0.232. The zero-order valence-corrected chi connectivity index (χ0v) is 5.20. The molecule has 0 aromatic carbocycles. The number of rotatable bonds is 0. The molecule has 4 heteroatoms. The summed E-state index contributed by atoms with van der Waals surface area (Å²) < 4.78 is 1.50. The Hall–Kier alpha value is -1.76. The van der Waals surface area contributed by atoms with Crippen LogP contribution in [0.1, 0.15) is 0 Å². The van der Waals surface area contributed by atoms with Gasteiger partial charge in [-0.15, -0.1) is 0 Å². The van der Waals surface area contributed by atoms with Crippen LogP contribution in [0.2, 0.25) is 0 Å². The van der Waals surface area contributed by atoms with E-state index in [9.17, 15) is 0 Å². The second kappa shape index (κ2) is 2.69. The van der Waals surface area contributed by atoms with Gasteiger partial charge in [-0.3, -0.25) is 15.3 Å². The fourth-order valence-electron chi connectivity index (χ4n) is 0.601. The molecule has 1 rings (SSSR count). The minimum atomic E-state index is 0.0625. The summed E-state index contributed by atoms with van der Waals surface area (Å²) in [7, 11) is 0. The first-order valence-electron chi connectivity index (χ1n) is 2.71. The topological polar surface area (TPSA) is 64.6 Å². The van der Waals surface area contributed by atoms with Crippen molar-refractivity contribution in [3.05, 3.63) is 24.5 Å². The highest BCUT2D eigenvalue weighted by Crippen LogP contribution is 1.86. The van der Waals surface area contributed by atoms with Crippen LogP contribution >= 0.6 is 0 Å². The van der Waals surface area contributed by atoms with Crippen LogP contribution < -0.4 is 5.32 Å². The fraction of sp³-hybridized carbons (Fsp3) is 0. The smallest absolute Gasteiger partial charge is 0.212 e. The van der Waals surface area contributed by atoms with Crippen LogP contribution in [-0.4, -0.2) is 10.5 Å². The van der Waals surface area contributed by atoms with E-state index < -0.39 is 0 Å². The maximum Gasteiger partial charge on any atom is 0.212 e. The van der Waals surface area contributed by atoms with E-state index in [1.165, 1.54) is 4.57 Å². The first-order chi connectivity index (χ1) is 4.84. The Kier molecular flexibility index (Phi) is 1.71. The van der Waals surface area contributed by atoms with Crippen LogP contribution in [0, 0.1) is 16.9 Å². The molecule has 2 N–H and O–H groups in total. The summed E-state index contributed by atoms with van der Waals surface area (Å²) >= 11 is 0. The van der Waals surface area contributed by atoms with Gasteiger partial charge in [-0.05, 0) is 12.1 Å². The monoisotopic (exact) mass is 134 g/mol. The Morgan fingerprint density at radius 3 is 2.60 bits per heavy atom. The molecule has 0 saturated heterocycles. The van der Waals surface area contributed by atoms with E-state index in [-0.39, 0.29) is 5.96 Å². The standard InChI is InChI=1S/C6H6N4/c7-5-9-6(8)10-3-1-2-4-10/h1-4H,(H2,8,9). The largest absolute Gasteiger partial charge is 0.294 e. The predicted molar refractivity (Wildman–Crippen MR) is 36.3 cm³/mol. The highest BCUT2D eigenvalue weighted by Gasteiger charge is 1.92. The zero-order valence-electron chi connectivity index (χ0n) is 5.20. The van der Waals surface area contributed by atoms with Crippen LogP contribution in [0.25, 0.3) is 0 Å². The van der Waals surface area contributed by atoms with Crippen molar-refractivity contribution in [2.75, 3.05) is 0 Å². The van der Waals surface area contributed by atoms with Crippen molar-refractivity contribution in [2.45, 2.75) is 0 Å². The third-order valence-corrected chi connectivity index (χ3v) is 1.04. The molecular weight excluding hydrogens is 128 g/mol. The molecule has 0 unspecified atom stereocenters. The molecule has 1 aromatic rings. The van der Waals surface area contributed by atoms with E-state index in [0.29, 0.717) is 0 Å². The van der Waals surface area contributed by atoms with Gasteiger partial charge in [0.25, 0.3) is 0 Å². The van der Waals surface area contributed by atoms with Crippen LogP contribution in [0.5, 0.6) is 0 Å². The van der Waals surface area contributed by atoms with Crippen LogP contribution in [-0.2, 0) is 0 Å². The van der Waals surface area contributed by atoms with E-state index in [1.807, 2.05) is 0 Å². The summed E-state index contributed by atoms with van der Waals surface area (Å²) in [5.41, 5.74) is 0. The molecule has 0 spiro atoms. The van der Waals surface area contributed by atoms with Gasteiger partial charge in [0.05, 0.1) is 0 Å². The molecule has 10 heavy (non-hydrogen) atoms. The molecule has 1 aromatic heterocycles. The van der Waals surface area contributed by atoms with Gasteiger partial charge < -0.3 is 0 Å². The molecule has 0 atom stereocenters. The van der Waals surface area contributed by atoms with Gasteiger partial charge >= 0.3 is 0 Å². The lowest BCUT2D eigenvalue weighted by molar-refractivity contribution is 1.04. The minimum absolute atomic E-state index is 0.0625. The molecule has 0 fully saturated rings. The zero-order chi connectivity index (χ0) is 7.40. The maximum absolute atomic E-state index is 8.12. The van der Waals surface area contributed by atoms with E-state index >= 15 is 0 Å². The summed E-state index contributed by atoms with van der Waals surface area (Å²) in [6.07, 6.45) is 5.03. The van der Waals surface area contributed by atoms with E-state index in [2.05, 4.69) is 5.32 Å². The molecule has 0 bridgehead atoms. The Balaban J connectivity index is 2.71. The molecule has 0 aliphatic carbocycles. The first-order valence-corrected chi connectivity index (χ1v) is 2.71. The van der Waals surface area contributed by atoms with Gasteiger partial charge in [0.1, 0.15) is 0 Å². The van der Waals surface area contributed by atoms with Crippen molar-refractivity contribution >= 4 is 5.96 Å². The van der Waals surface area contributed by atoms with Crippen molar-refractivity contribution in [3.8, 4) is 6.19 Å². The lowest BCUT2D eigenvalue weighted by atomic mass is 10.7. The number of nitrogens with one attached hydrogen (secondary N) is 2. The van der Waals surface area contributed by atoms with Gasteiger partial charge in [-0.1, -0.05) is 0 Å². The fourth-order valence-corrected chi connectivity index (χ4v) is 0.601. The molecule has 50 valence electrons. The van der Waals surface area contributed by atoms with Gasteiger partial charge in [-0.2, -0.15) is 5.26 Å². The number of nitriles is 1. The van der Waals surface area contributed by atoms with E-state index in [4.69, 9.17) is 10.7 Å². The molecule has 4 nitrogen and oxygen atoms in total. The molecule has 0 saturated carbocycles. The molecule has 1 heterocycles. The van der Waals surface area contributed by atoms with Crippen molar-refractivity contribution in [2.24, 2.45) is 0 Å². The van der Waals surface area contributed by atoms with Crippen molar-refractivity contribution in [1.82, 2.24) is 9.88 Å². The first kappa shape index (κ1) is 6.36.